The zero-order valence-corrected chi connectivity index (χ0v) is 15.1. The van der Waals surface area contributed by atoms with E-state index in [2.05, 4.69) is 4.72 Å². The number of benzene rings is 1. The number of hydrogen-bond acceptors (Lipinski definition) is 4. The van der Waals surface area contributed by atoms with Crippen molar-refractivity contribution in [1.82, 2.24) is 4.72 Å². The maximum Gasteiger partial charge on any atom is 0.244 e. The molecule has 5 nitrogen and oxygen atoms in total. The minimum atomic E-state index is -3.65. The van der Waals surface area contributed by atoms with Crippen LogP contribution in [0.5, 0.6) is 5.75 Å². The Morgan fingerprint density at radius 2 is 1.78 bits per heavy atom. The van der Waals surface area contributed by atoms with Crippen molar-refractivity contribution in [2.45, 2.75) is 62.8 Å². The number of hydrogen-bond donors (Lipinski definition) is 2. The molecule has 0 spiro atoms. The van der Waals surface area contributed by atoms with Crippen LogP contribution in [-0.4, -0.2) is 27.6 Å². The number of rotatable bonds is 5. The van der Waals surface area contributed by atoms with Crippen molar-refractivity contribution in [3.05, 3.63) is 23.3 Å². The van der Waals surface area contributed by atoms with Gasteiger partial charge in [-0.05, 0) is 43.9 Å². The monoisotopic (exact) mass is 340 g/mol. The molecule has 1 saturated carbocycles. The van der Waals surface area contributed by atoms with Crippen LogP contribution < -0.4 is 15.2 Å². The van der Waals surface area contributed by atoms with Gasteiger partial charge in [0.15, 0.2) is 0 Å². The Balaban J connectivity index is 2.22. The maximum atomic E-state index is 12.7. The first-order valence-corrected chi connectivity index (χ1v) is 9.69. The third-order valence-corrected chi connectivity index (χ3v) is 6.00. The Morgan fingerprint density at radius 1 is 1.17 bits per heavy atom. The average Bonchev–Trinajstić information content (AvgIpc) is 2.70. The summed E-state index contributed by atoms with van der Waals surface area (Å²) in [5.41, 5.74) is 7.67. The molecule has 23 heavy (non-hydrogen) atoms. The summed E-state index contributed by atoms with van der Waals surface area (Å²) in [6.07, 6.45) is 6.20. The van der Waals surface area contributed by atoms with Crippen molar-refractivity contribution < 1.29 is 13.2 Å². The molecule has 6 heteroatoms. The van der Waals surface area contributed by atoms with Crippen LogP contribution in [0.3, 0.4) is 0 Å². The number of ether oxygens (including phenoxy) is 1. The van der Waals surface area contributed by atoms with E-state index < -0.39 is 15.6 Å². The molecular weight excluding hydrogens is 312 g/mol. The summed E-state index contributed by atoms with van der Waals surface area (Å²) in [7, 11) is -2.16. The second kappa shape index (κ2) is 7.20. The van der Waals surface area contributed by atoms with Gasteiger partial charge >= 0.3 is 0 Å². The molecule has 0 saturated heterocycles. The SMILES string of the molecule is COc1c(C)cc(C)cc1S(=O)(=O)NCC1(N)CCCCCC1. The van der Waals surface area contributed by atoms with E-state index >= 15 is 0 Å². The Bertz CT molecular complexity index is 648. The zero-order chi connectivity index (χ0) is 17.1. The number of aryl methyl sites for hydroxylation is 2. The molecule has 130 valence electrons. The van der Waals surface area contributed by atoms with E-state index in [4.69, 9.17) is 10.5 Å². The van der Waals surface area contributed by atoms with Gasteiger partial charge in [0.05, 0.1) is 7.11 Å². The molecule has 1 fully saturated rings. The fourth-order valence-corrected chi connectivity index (χ4v) is 4.76. The summed E-state index contributed by atoms with van der Waals surface area (Å²) in [5, 5.41) is 0. The number of methoxy groups -OCH3 is 1. The molecule has 2 rings (SSSR count). The third-order valence-electron chi connectivity index (χ3n) is 4.59. The summed E-state index contributed by atoms with van der Waals surface area (Å²) in [4.78, 5) is 0.190. The van der Waals surface area contributed by atoms with Crippen molar-refractivity contribution in [3.8, 4) is 5.75 Å². The number of nitrogens with one attached hydrogen (secondary N) is 1. The minimum absolute atomic E-state index is 0.190. The lowest BCUT2D eigenvalue weighted by Gasteiger charge is -2.28. The van der Waals surface area contributed by atoms with E-state index in [1.807, 2.05) is 19.9 Å². The highest BCUT2D eigenvalue weighted by Gasteiger charge is 2.29. The van der Waals surface area contributed by atoms with Crippen LogP contribution in [0.1, 0.15) is 49.7 Å². The van der Waals surface area contributed by atoms with Gasteiger partial charge in [0.1, 0.15) is 10.6 Å². The van der Waals surface area contributed by atoms with Crippen LogP contribution in [0.15, 0.2) is 17.0 Å². The Kier molecular flexibility index (Phi) is 5.70. The second-order valence-electron chi connectivity index (χ2n) is 6.71. The largest absolute Gasteiger partial charge is 0.495 e. The van der Waals surface area contributed by atoms with E-state index in [9.17, 15) is 8.42 Å². The lowest BCUT2D eigenvalue weighted by atomic mass is 9.92. The van der Waals surface area contributed by atoms with Gasteiger partial charge in [-0.25, -0.2) is 13.1 Å². The third kappa shape index (κ3) is 4.46. The Labute approximate surface area is 139 Å². The van der Waals surface area contributed by atoms with Crippen molar-refractivity contribution in [1.29, 1.82) is 0 Å². The van der Waals surface area contributed by atoms with E-state index in [0.29, 0.717) is 5.75 Å². The molecule has 0 aliphatic heterocycles. The van der Waals surface area contributed by atoms with E-state index in [1.165, 1.54) is 20.0 Å². The van der Waals surface area contributed by atoms with Crippen LogP contribution >= 0.6 is 0 Å². The standard InChI is InChI=1S/C17H28N2O3S/c1-13-10-14(2)16(22-3)15(11-13)23(20,21)19-12-17(18)8-6-4-5-7-9-17/h10-11,19H,4-9,12,18H2,1-3H3. The maximum absolute atomic E-state index is 12.7. The topological polar surface area (TPSA) is 81.4 Å². The van der Waals surface area contributed by atoms with Crippen LogP contribution in [0.4, 0.5) is 0 Å². The van der Waals surface area contributed by atoms with Crippen LogP contribution in [-0.2, 0) is 10.0 Å². The molecule has 1 aromatic carbocycles. The summed E-state index contributed by atoms with van der Waals surface area (Å²) in [6.45, 7) is 3.99. The molecule has 1 aliphatic rings. The molecule has 0 bridgehead atoms. The van der Waals surface area contributed by atoms with Crippen LogP contribution in [0.2, 0.25) is 0 Å². The number of sulfonamides is 1. The number of nitrogens with two attached hydrogens (primary N) is 1. The molecule has 3 N–H and O–H groups in total. The van der Waals surface area contributed by atoms with Gasteiger partial charge in [-0.1, -0.05) is 31.7 Å². The smallest absolute Gasteiger partial charge is 0.244 e. The van der Waals surface area contributed by atoms with Crippen molar-refractivity contribution >= 4 is 10.0 Å². The molecule has 0 amide bonds. The normalized spacial score (nSPS) is 18.4. The molecule has 0 aromatic heterocycles. The fraction of sp³-hybridized carbons (Fsp3) is 0.647. The molecule has 0 unspecified atom stereocenters. The van der Waals surface area contributed by atoms with E-state index in [0.717, 1.165) is 36.8 Å². The summed E-state index contributed by atoms with van der Waals surface area (Å²) < 4.78 is 33.5. The second-order valence-corrected chi connectivity index (χ2v) is 8.45. The van der Waals surface area contributed by atoms with Crippen LogP contribution in [0.25, 0.3) is 0 Å². The van der Waals surface area contributed by atoms with Gasteiger partial charge in [-0.3, -0.25) is 0 Å². The lowest BCUT2D eigenvalue weighted by Crippen LogP contribution is -2.49. The highest BCUT2D eigenvalue weighted by molar-refractivity contribution is 7.89. The quantitative estimate of drug-likeness (QED) is 0.807. The highest BCUT2D eigenvalue weighted by atomic mass is 32.2. The minimum Gasteiger partial charge on any atom is -0.495 e. The van der Waals surface area contributed by atoms with E-state index in [-0.39, 0.29) is 11.4 Å². The molecule has 0 heterocycles. The zero-order valence-electron chi connectivity index (χ0n) is 14.3. The average molecular weight is 340 g/mol. The molecule has 1 aromatic rings. The first-order valence-electron chi connectivity index (χ1n) is 8.21. The Morgan fingerprint density at radius 3 is 2.35 bits per heavy atom. The van der Waals surface area contributed by atoms with Gasteiger partial charge in [0, 0.05) is 12.1 Å². The van der Waals surface area contributed by atoms with E-state index in [1.54, 1.807) is 6.07 Å². The summed E-state index contributed by atoms with van der Waals surface area (Å²) >= 11 is 0. The highest BCUT2D eigenvalue weighted by Crippen LogP contribution is 2.30. The van der Waals surface area contributed by atoms with Gasteiger partial charge in [-0.2, -0.15) is 0 Å². The van der Waals surface area contributed by atoms with Gasteiger partial charge in [-0.15, -0.1) is 0 Å². The van der Waals surface area contributed by atoms with Crippen molar-refractivity contribution in [3.63, 3.8) is 0 Å². The summed E-state index contributed by atoms with van der Waals surface area (Å²) in [6, 6.07) is 3.55. The fourth-order valence-electron chi connectivity index (χ4n) is 3.30. The van der Waals surface area contributed by atoms with Crippen molar-refractivity contribution in [2.75, 3.05) is 13.7 Å². The Hall–Kier alpha value is -1.11. The molecule has 0 atom stereocenters. The van der Waals surface area contributed by atoms with Gasteiger partial charge < -0.3 is 10.5 Å². The molecule has 1 aliphatic carbocycles. The summed E-state index contributed by atoms with van der Waals surface area (Å²) in [5.74, 6) is 0.398. The first kappa shape index (κ1) is 18.2. The molecular formula is C17H28N2O3S. The van der Waals surface area contributed by atoms with Crippen molar-refractivity contribution in [2.24, 2.45) is 5.73 Å². The van der Waals surface area contributed by atoms with Crippen LogP contribution in [0, 0.1) is 13.8 Å². The van der Waals surface area contributed by atoms with Gasteiger partial charge in [0.25, 0.3) is 0 Å². The molecule has 0 radical (unpaired) electrons. The first-order chi connectivity index (χ1) is 10.8. The predicted molar refractivity (Wildman–Crippen MR) is 92.3 cm³/mol. The van der Waals surface area contributed by atoms with Gasteiger partial charge in [0.2, 0.25) is 10.0 Å². The predicted octanol–water partition coefficient (Wildman–Crippen LogP) is 2.64. The lowest BCUT2D eigenvalue weighted by molar-refractivity contribution is 0.367.